The van der Waals surface area contributed by atoms with Crippen LogP contribution in [0.1, 0.15) is 45.1 Å². The number of halogens is 1. The number of imidazole rings is 1. The standard InChI is InChI=1S/C20H30N6.HI/c1-4-8-20(2)9-5-11-25(15-20)19(21-3)24-14-17-6-7-18(23-13-17)26-12-10-22-16-26;/h6-7,10,12-13,16H,4-5,8-9,11,14-15H2,1-3H3,(H,21,24);1H. The van der Waals surface area contributed by atoms with Crippen molar-refractivity contribution < 1.29 is 0 Å². The fraction of sp³-hybridized carbons (Fsp3) is 0.550. The Morgan fingerprint density at radius 3 is 2.85 bits per heavy atom. The summed E-state index contributed by atoms with van der Waals surface area (Å²) < 4.78 is 1.90. The van der Waals surface area contributed by atoms with Crippen LogP contribution in [0, 0.1) is 5.41 Å². The third-order valence-electron chi connectivity index (χ3n) is 5.17. The van der Waals surface area contributed by atoms with Crippen LogP contribution in [0.4, 0.5) is 0 Å². The van der Waals surface area contributed by atoms with Gasteiger partial charge in [-0.2, -0.15) is 0 Å². The monoisotopic (exact) mass is 482 g/mol. The summed E-state index contributed by atoms with van der Waals surface area (Å²) in [6, 6.07) is 4.11. The molecule has 3 heterocycles. The van der Waals surface area contributed by atoms with E-state index in [9.17, 15) is 0 Å². The molecule has 2 aromatic rings. The Hall–Kier alpha value is -1.64. The first-order chi connectivity index (χ1) is 12.6. The molecular formula is C20H31IN6. The molecule has 0 aromatic carbocycles. The van der Waals surface area contributed by atoms with E-state index in [0.717, 1.165) is 37.0 Å². The molecule has 1 atom stereocenters. The molecule has 1 aliphatic rings. The molecule has 0 amide bonds. The molecule has 1 unspecified atom stereocenters. The average Bonchev–Trinajstić information content (AvgIpc) is 3.17. The van der Waals surface area contributed by atoms with Crippen LogP contribution in [-0.2, 0) is 6.54 Å². The van der Waals surface area contributed by atoms with Gasteiger partial charge in [0.05, 0.1) is 0 Å². The van der Waals surface area contributed by atoms with Crippen LogP contribution < -0.4 is 5.32 Å². The van der Waals surface area contributed by atoms with Crippen molar-refractivity contribution in [1.82, 2.24) is 24.8 Å². The van der Waals surface area contributed by atoms with Crippen molar-refractivity contribution in [3.63, 3.8) is 0 Å². The molecule has 2 aromatic heterocycles. The summed E-state index contributed by atoms with van der Waals surface area (Å²) in [4.78, 5) is 15.5. The second-order valence-corrected chi connectivity index (χ2v) is 7.48. The summed E-state index contributed by atoms with van der Waals surface area (Å²) in [5.41, 5.74) is 1.54. The molecule has 6 nitrogen and oxygen atoms in total. The molecule has 1 aliphatic heterocycles. The molecule has 0 aliphatic carbocycles. The van der Waals surface area contributed by atoms with Crippen molar-refractivity contribution in [1.29, 1.82) is 0 Å². The smallest absolute Gasteiger partial charge is 0.193 e. The summed E-state index contributed by atoms with van der Waals surface area (Å²) in [7, 11) is 1.87. The largest absolute Gasteiger partial charge is 0.352 e. The van der Waals surface area contributed by atoms with Crippen molar-refractivity contribution in [3.05, 3.63) is 42.6 Å². The molecule has 0 bridgehead atoms. The highest BCUT2D eigenvalue weighted by Crippen LogP contribution is 2.33. The van der Waals surface area contributed by atoms with Crippen LogP contribution in [0.15, 0.2) is 42.0 Å². The Morgan fingerprint density at radius 1 is 1.37 bits per heavy atom. The van der Waals surface area contributed by atoms with E-state index in [1.165, 1.54) is 25.7 Å². The molecule has 3 rings (SSSR count). The average molecular weight is 482 g/mol. The maximum absolute atomic E-state index is 4.51. The van der Waals surface area contributed by atoms with Crippen molar-refractivity contribution >= 4 is 29.9 Å². The van der Waals surface area contributed by atoms with Crippen LogP contribution in [-0.4, -0.2) is 45.5 Å². The lowest BCUT2D eigenvalue weighted by atomic mass is 9.78. The van der Waals surface area contributed by atoms with Gasteiger partial charge in [-0.3, -0.25) is 9.56 Å². The van der Waals surface area contributed by atoms with Crippen LogP contribution in [0.2, 0.25) is 0 Å². The summed E-state index contributed by atoms with van der Waals surface area (Å²) >= 11 is 0. The van der Waals surface area contributed by atoms with Gasteiger partial charge in [-0.25, -0.2) is 9.97 Å². The SMILES string of the molecule is CCCC1(C)CCCN(C(=NC)NCc2ccc(-n3ccnc3)nc2)C1.I. The minimum absolute atomic E-state index is 0. The Balaban J connectivity index is 0.00000261. The fourth-order valence-corrected chi connectivity index (χ4v) is 3.89. The molecule has 0 saturated carbocycles. The zero-order valence-corrected chi connectivity index (χ0v) is 18.9. The molecular weight excluding hydrogens is 451 g/mol. The van der Waals surface area contributed by atoms with E-state index in [-0.39, 0.29) is 24.0 Å². The molecule has 1 N–H and O–H groups in total. The van der Waals surface area contributed by atoms with E-state index in [1.54, 1.807) is 12.5 Å². The molecule has 1 fully saturated rings. The molecule has 7 heteroatoms. The van der Waals surface area contributed by atoms with Gasteiger partial charge in [-0.1, -0.05) is 26.3 Å². The van der Waals surface area contributed by atoms with Gasteiger partial charge in [0.1, 0.15) is 12.1 Å². The number of nitrogens with one attached hydrogen (secondary N) is 1. The van der Waals surface area contributed by atoms with Crippen molar-refractivity contribution in [3.8, 4) is 5.82 Å². The number of likely N-dealkylation sites (tertiary alicyclic amines) is 1. The number of guanidine groups is 1. The van der Waals surface area contributed by atoms with Gasteiger partial charge in [0.2, 0.25) is 0 Å². The Kier molecular flexibility index (Phi) is 8.07. The second-order valence-electron chi connectivity index (χ2n) is 7.48. The van der Waals surface area contributed by atoms with E-state index >= 15 is 0 Å². The Bertz CT molecular complexity index is 709. The number of aliphatic imine (C=N–C) groups is 1. The van der Waals surface area contributed by atoms with Gasteiger partial charge in [-0.05, 0) is 36.3 Å². The molecule has 1 saturated heterocycles. The normalized spacial score (nSPS) is 20.3. The van der Waals surface area contributed by atoms with Gasteiger partial charge in [0.25, 0.3) is 0 Å². The van der Waals surface area contributed by atoms with Crippen LogP contribution in [0.5, 0.6) is 0 Å². The predicted octanol–water partition coefficient (Wildman–Crippen LogP) is 3.86. The Morgan fingerprint density at radius 2 is 2.22 bits per heavy atom. The van der Waals surface area contributed by atoms with Gasteiger partial charge < -0.3 is 10.2 Å². The van der Waals surface area contributed by atoms with Crippen LogP contribution in [0.25, 0.3) is 5.82 Å². The van der Waals surface area contributed by atoms with Crippen molar-refractivity contribution in [2.45, 2.75) is 46.1 Å². The van der Waals surface area contributed by atoms with Crippen LogP contribution >= 0.6 is 24.0 Å². The summed E-state index contributed by atoms with van der Waals surface area (Å²) in [6.07, 6.45) is 12.4. The van der Waals surface area contributed by atoms with E-state index in [2.05, 4.69) is 45.1 Å². The highest BCUT2D eigenvalue weighted by molar-refractivity contribution is 14.0. The topological polar surface area (TPSA) is 58.3 Å². The van der Waals surface area contributed by atoms with Gasteiger partial charge in [0.15, 0.2) is 5.96 Å². The first-order valence-electron chi connectivity index (χ1n) is 9.52. The first-order valence-corrected chi connectivity index (χ1v) is 9.52. The van der Waals surface area contributed by atoms with Crippen LogP contribution in [0.3, 0.4) is 0 Å². The summed E-state index contributed by atoms with van der Waals surface area (Å²) in [6.45, 7) is 7.58. The lowest BCUT2D eigenvalue weighted by Crippen LogP contribution is -2.49. The minimum Gasteiger partial charge on any atom is -0.352 e. The summed E-state index contributed by atoms with van der Waals surface area (Å²) in [5, 5.41) is 3.51. The number of rotatable bonds is 5. The number of hydrogen-bond acceptors (Lipinski definition) is 3. The number of pyridine rings is 1. The minimum atomic E-state index is 0. The van der Waals surface area contributed by atoms with E-state index in [0.29, 0.717) is 5.41 Å². The third kappa shape index (κ3) is 5.67. The van der Waals surface area contributed by atoms with Crippen molar-refractivity contribution in [2.24, 2.45) is 10.4 Å². The highest BCUT2D eigenvalue weighted by atomic mass is 127. The maximum Gasteiger partial charge on any atom is 0.193 e. The zero-order chi connectivity index (χ0) is 18.4. The second kappa shape index (κ2) is 10.1. The van der Waals surface area contributed by atoms with E-state index in [1.807, 2.05) is 30.1 Å². The summed E-state index contributed by atoms with van der Waals surface area (Å²) in [5.74, 6) is 1.87. The van der Waals surface area contributed by atoms with Gasteiger partial charge >= 0.3 is 0 Å². The van der Waals surface area contributed by atoms with Gasteiger partial charge in [-0.15, -0.1) is 24.0 Å². The maximum atomic E-state index is 4.51. The quantitative estimate of drug-likeness (QED) is 0.400. The molecule has 0 spiro atoms. The van der Waals surface area contributed by atoms with E-state index < -0.39 is 0 Å². The van der Waals surface area contributed by atoms with E-state index in [4.69, 9.17) is 0 Å². The Labute approximate surface area is 179 Å². The highest BCUT2D eigenvalue weighted by Gasteiger charge is 2.31. The number of aromatic nitrogens is 3. The van der Waals surface area contributed by atoms with Gasteiger partial charge in [0, 0.05) is 45.3 Å². The fourth-order valence-electron chi connectivity index (χ4n) is 3.89. The zero-order valence-electron chi connectivity index (χ0n) is 16.6. The first kappa shape index (κ1) is 21.7. The number of piperidine rings is 1. The molecule has 148 valence electrons. The van der Waals surface area contributed by atoms with Crippen molar-refractivity contribution in [2.75, 3.05) is 20.1 Å². The lowest BCUT2D eigenvalue weighted by Gasteiger charge is -2.42. The third-order valence-corrected chi connectivity index (χ3v) is 5.17. The predicted molar refractivity (Wildman–Crippen MR) is 121 cm³/mol. The molecule has 0 radical (unpaired) electrons. The number of hydrogen-bond donors (Lipinski definition) is 1. The number of nitrogens with zero attached hydrogens (tertiary/aromatic N) is 5. The lowest BCUT2D eigenvalue weighted by molar-refractivity contribution is 0.142. The molecule has 27 heavy (non-hydrogen) atoms.